The van der Waals surface area contributed by atoms with Crippen molar-refractivity contribution in [2.45, 2.75) is 0 Å². The van der Waals surface area contributed by atoms with Gasteiger partial charge in [0.05, 0.1) is 22.3 Å². The SMILES string of the molecule is C#CCOc1c(I)cc(/C=C(/C#N)c2ccccc2F)cc1OC. The van der Waals surface area contributed by atoms with Crippen molar-refractivity contribution in [1.82, 2.24) is 0 Å². The number of ether oxygens (including phenoxy) is 2. The van der Waals surface area contributed by atoms with E-state index < -0.39 is 5.82 Å². The van der Waals surface area contributed by atoms with Gasteiger partial charge in [-0.1, -0.05) is 24.1 Å². The first kappa shape index (κ1) is 17.8. The minimum absolute atomic E-state index is 0.125. The van der Waals surface area contributed by atoms with Crippen LogP contribution in [0.15, 0.2) is 36.4 Å². The van der Waals surface area contributed by atoms with Crippen LogP contribution in [0.5, 0.6) is 11.5 Å². The average molecular weight is 433 g/mol. The highest BCUT2D eigenvalue weighted by atomic mass is 127. The van der Waals surface area contributed by atoms with Crippen molar-refractivity contribution in [1.29, 1.82) is 5.26 Å². The van der Waals surface area contributed by atoms with E-state index in [2.05, 4.69) is 28.5 Å². The van der Waals surface area contributed by atoms with Crippen LogP contribution in [-0.2, 0) is 0 Å². The van der Waals surface area contributed by atoms with Crippen molar-refractivity contribution in [2.75, 3.05) is 13.7 Å². The summed E-state index contributed by atoms with van der Waals surface area (Å²) in [5, 5.41) is 9.37. The monoisotopic (exact) mass is 433 g/mol. The Labute approximate surface area is 153 Å². The molecule has 0 N–H and O–H groups in total. The molecule has 0 aliphatic carbocycles. The van der Waals surface area contributed by atoms with E-state index in [1.807, 2.05) is 12.1 Å². The van der Waals surface area contributed by atoms with Crippen LogP contribution in [0.3, 0.4) is 0 Å². The lowest BCUT2D eigenvalue weighted by Crippen LogP contribution is -1.99. The number of rotatable bonds is 5. The Kier molecular flexibility index (Phi) is 6.22. The maximum absolute atomic E-state index is 13.9. The molecule has 0 bridgehead atoms. The van der Waals surface area contributed by atoms with Crippen molar-refractivity contribution in [3.8, 4) is 29.9 Å². The molecule has 0 heterocycles. The highest BCUT2D eigenvalue weighted by molar-refractivity contribution is 14.1. The zero-order valence-electron chi connectivity index (χ0n) is 12.8. The summed E-state index contributed by atoms with van der Waals surface area (Å²) in [6.07, 6.45) is 6.82. The molecule has 0 spiro atoms. The van der Waals surface area contributed by atoms with Crippen LogP contribution < -0.4 is 9.47 Å². The van der Waals surface area contributed by atoms with Gasteiger partial charge in [0, 0.05) is 5.56 Å². The second-order valence-electron chi connectivity index (χ2n) is 4.68. The third-order valence-corrected chi connectivity index (χ3v) is 3.95. The van der Waals surface area contributed by atoms with E-state index in [9.17, 15) is 9.65 Å². The highest BCUT2D eigenvalue weighted by Crippen LogP contribution is 2.35. The topological polar surface area (TPSA) is 42.2 Å². The predicted octanol–water partition coefficient (Wildman–Crippen LogP) is 4.52. The van der Waals surface area contributed by atoms with Crippen LogP contribution in [0.25, 0.3) is 11.6 Å². The smallest absolute Gasteiger partial charge is 0.175 e. The third kappa shape index (κ3) is 4.06. The van der Waals surface area contributed by atoms with E-state index in [1.165, 1.54) is 13.2 Å². The maximum atomic E-state index is 13.9. The summed E-state index contributed by atoms with van der Waals surface area (Å²) < 4.78 is 25.5. The van der Waals surface area contributed by atoms with Gasteiger partial charge < -0.3 is 9.47 Å². The Morgan fingerprint density at radius 3 is 2.75 bits per heavy atom. The van der Waals surface area contributed by atoms with Crippen LogP contribution in [0.1, 0.15) is 11.1 Å². The summed E-state index contributed by atoms with van der Waals surface area (Å²) in [4.78, 5) is 0. The van der Waals surface area contributed by atoms with Gasteiger partial charge in [-0.05, 0) is 52.4 Å². The molecule has 3 nitrogen and oxygen atoms in total. The average Bonchev–Trinajstić information content (AvgIpc) is 2.59. The molecule has 24 heavy (non-hydrogen) atoms. The van der Waals surface area contributed by atoms with Gasteiger partial charge in [-0.25, -0.2) is 4.39 Å². The molecule has 2 aromatic carbocycles. The lowest BCUT2D eigenvalue weighted by molar-refractivity contribution is 0.328. The molecular weight excluding hydrogens is 420 g/mol. The summed E-state index contributed by atoms with van der Waals surface area (Å²) in [7, 11) is 1.52. The molecule has 0 aliphatic rings. The molecule has 2 aromatic rings. The zero-order valence-corrected chi connectivity index (χ0v) is 15.0. The molecule has 0 fully saturated rings. The van der Waals surface area contributed by atoms with Crippen molar-refractivity contribution in [2.24, 2.45) is 0 Å². The number of hydrogen-bond acceptors (Lipinski definition) is 3. The second kappa shape index (κ2) is 8.37. The third-order valence-electron chi connectivity index (χ3n) is 3.15. The summed E-state index contributed by atoms with van der Waals surface area (Å²) in [5.74, 6) is 2.99. The number of allylic oxidation sites excluding steroid dienone is 1. The first-order valence-electron chi connectivity index (χ1n) is 6.91. The molecule has 0 saturated heterocycles. The minimum Gasteiger partial charge on any atom is -0.493 e. The van der Waals surface area contributed by atoms with Crippen molar-refractivity contribution in [3.05, 3.63) is 56.9 Å². The quantitative estimate of drug-likeness (QED) is 0.302. The van der Waals surface area contributed by atoms with Crippen LogP contribution in [0, 0.1) is 33.1 Å². The van der Waals surface area contributed by atoms with Crippen LogP contribution in [0.2, 0.25) is 0 Å². The molecular formula is C19H13FINO2. The van der Waals surface area contributed by atoms with Crippen molar-refractivity contribution < 1.29 is 13.9 Å². The lowest BCUT2D eigenvalue weighted by atomic mass is 10.0. The normalized spacial score (nSPS) is 10.6. The molecule has 0 unspecified atom stereocenters. The van der Waals surface area contributed by atoms with Gasteiger partial charge in [-0.2, -0.15) is 5.26 Å². The standard InChI is InChI=1S/C19H13FINO2/c1-3-8-24-19-17(21)10-13(11-18(19)23-2)9-14(12-22)15-6-4-5-7-16(15)20/h1,4-7,9-11H,8H2,2H3/b14-9-. The Bertz CT molecular complexity index is 863. The zero-order chi connectivity index (χ0) is 17.5. The number of terminal acetylenes is 1. The van der Waals surface area contributed by atoms with Gasteiger partial charge in [0.1, 0.15) is 12.4 Å². The number of hydrogen-bond donors (Lipinski definition) is 0. The highest BCUT2D eigenvalue weighted by Gasteiger charge is 2.12. The molecule has 0 aromatic heterocycles. The van der Waals surface area contributed by atoms with E-state index in [-0.39, 0.29) is 17.7 Å². The van der Waals surface area contributed by atoms with E-state index >= 15 is 0 Å². The minimum atomic E-state index is -0.444. The molecule has 0 aliphatic heterocycles. The van der Waals surface area contributed by atoms with Crippen LogP contribution in [0.4, 0.5) is 4.39 Å². The van der Waals surface area contributed by atoms with E-state index in [0.29, 0.717) is 17.1 Å². The Morgan fingerprint density at radius 2 is 2.12 bits per heavy atom. The van der Waals surface area contributed by atoms with Gasteiger partial charge in [0.15, 0.2) is 11.5 Å². The van der Waals surface area contributed by atoms with Crippen LogP contribution in [-0.4, -0.2) is 13.7 Å². The molecule has 5 heteroatoms. The maximum Gasteiger partial charge on any atom is 0.175 e. The molecule has 0 amide bonds. The number of halogens is 2. The number of methoxy groups -OCH3 is 1. The summed E-state index contributed by atoms with van der Waals surface area (Å²) in [5.41, 5.74) is 1.17. The number of benzene rings is 2. The Hall–Kier alpha value is -2.51. The van der Waals surface area contributed by atoms with E-state index in [1.54, 1.807) is 30.3 Å². The molecule has 0 radical (unpaired) electrons. The van der Waals surface area contributed by atoms with Crippen molar-refractivity contribution >= 4 is 34.2 Å². The van der Waals surface area contributed by atoms with E-state index in [4.69, 9.17) is 15.9 Å². The second-order valence-corrected chi connectivity index (χ2v) is 5.84. The van der Waals surface area contributed by atoms with Crippen LogP contribution >= 0.6 is 22.6 Å². The largest absolute Gasteiger partial charge is 0.493 e. The molecule has 120 valence electrons. The fraction of sp³-hybridized carbons (Fsp3) is 0.105. The van der Waals surface area contributed by atoms with Crippen molar-refractivity contribution in [3.63, 3.8) is 0 Å². The fourth-order valence-electron chi connectivity index (χ4n) is 2.09. The predicted molar refractivity (Wildman–Crippen MR) is 99.9 cm³/mol. The van der Waals surface area contributed by atoms with Gasteiger partial charge in [0.25, 0.3) is 0 Å². The summed E-state index contributed by atoms with van der Waals surface area (Å²) in [6.45, 7) is 0.125. The molecule has 0 saturated carbocycles. The van der Waals surface area contributed by atoms with E-state index in [0.717, 1.165) is 3.57 Å². The first-order valence-corrected chi connectivity index (χ1v) is 7.99. The lowest BCUT2D eigenvalue weighted by Gasteiger charge is -2.12. The molecule has 2 rings (SSSR count). The van der Waals surface area contributed by atoms with Gasteiger partial charge >= 0.3 is 0 Å². The first-order chi connectivity index (χ1) is 11.6. The fourth-order valence-corrected chi connectivity index (χ4v) is 2.87. The molecule has 0 atom stereocenters. The Balaban J connectivity index is 2.49. The Morgan fingerprint density at radius 1 is 1.38 bits per heavy atom. The summed E-state index contributed by atoms with van der Waals surface area (Å²) >= 11 is 2.10. The van der Waals surface area contributed by atoms with Gasteiger partial charge in [-0.3, -0.25) is 0 Å². The number of nitrogens with zero attached hydrogens (tertiary/aromatic N) is 1. The number of nitriles is 1. The van der Waals surface area contributed by atoms with Gasteiger partial charge in [-0.15, -0.1) is 6.42 Å². The van der Waals surface area contributed by atoms with Gasteiger partial charge in [0.2, 0.25) is 0 Å². The summed E-state index contributed by atoms with van der Waals surface area (Å²) in [6, 6.07) is 11.7.